The van der Waals surface area contributed by atoms with E-state index < -0.39 is 0 Å². The number of aryl methyl sites for hydroxylation is 2. The van der Waals surface area contributed by atoms with Crippen LogP contribution in [0.25, 0.3) is 22.2 Å². The number of nitrogens with one attached hydrogen (secondary N) is 3. The summed E-state index contributed by atoms with van der Waals surface area (Å²) in [6, 6.07) is 7.50. The van der Waals surface area contributed by atoms with Gasteiger partial charge in [0, 0.05) is 47.0 Å². The van der Waals surface area contributed by atoms with Crippen LogP contribution in [0.2, 0.25) is 5.02 Å². The van der Waals surface area contributed by atoms with E-state index in [1.54, 1.807) is 6.07 Å². The summed E-state index contributed by atoms with van der Waals surface area (Å²) in [5, 5.41) is 16.2. The Morgan fingerprint density at radius 1 is 1.29 bits per heavy atom. The summed E-state index contributed by atoms with van der Waals surface area (Å²) in [5.74, 6) is -0.184. The van der Waals surface area contributed by atoms with Gasteiger partial charge < -0.3 is 10.3 Å². The van der Waals surface area contributed by atoms with Crippen molar-refractivity contribution in [3.05, 3.63) is 58.1 Å². The average molecular weight is 397 g/mol. The highest BCUT2D eigenvalue weighted by Crippen LogP contribution is 2.25. The van der Waals surface area contributed by atoms with Crippen molar-refractivity contribution >= 4 is 28.4 Å². The molecule has 8 heteroatoms. The van der Waals surface area contributed by atoms with Crippen LogP contribution in [0.5, 0.6) is 0 Å². The number of benzene rings is 1. The van der Waals surface area contributed by atoms with E-state index in [0.29, 0.717) is 23.7 Å². The van der Waals surface area contributed by atoms with E-state index in [-0.39, 0.29) is 5.91 Å². The van der Waals surface area contributed by atoms with Crippen LogP contribution in [0.3, 0.4) is 0 Å². The third-order valence-electron chi connectivity index (χ3n) is 5.00. The predicted octanol–water partition coefficient (Wildman–Crippen LogP) is 3.53. The van der Waals surface area contributed by atoms with Gasteiger partial charge in [0.25, 0.3) is 5.91 Å². The van der Waals surface area contributed by atoms with Gasteiger partial charge in [-0.05, 0) is 50.1 Å². The van der Waals surface area contributed by atoms with Crippen molar-refractivity contribution in [3.8, 4) is 11.3 Å². The van der Waals surface area contributed by atoms with Gasteiger partial charge in [-0.25, -0.2) is 0 Å². The van der Waals surface area contributed by atoms with Crippen LogP contribution in [0.15, 0.2) is 30.5 Å². The zero-order valence-corrected chi connectivity index (χ0v) is 16.7. The quantitative estimate of drug-likeness (QED) is 0.482. The molecule has 0 aliphatic rings. The Morgan fingerprint density at radius 3 is 2.86 bits per heavy atom. The van der Waals surface area contributed by atoms with Crippen molar-refractivity contribution in [1.29, 1.82) is 0 Å². The molecule has 0 atom stereocenters. The van der Waals surface area contributed by atoms with Gasteiger partial charge in [0.15, 0.2) is 0 Å². The summed E-state index contributed by atoms with van der Waals surface area (Å²) < 4.78 is 1.81. The lowest BCUT2D eigenvalue weighted by molar-refractivity contribution is 0.0949. The Bertz CT molecular complexity index is 1170. The van der Waals surface area contributed by atoms with E-state index in [1.165, 1.54) is 0 Å². The van der Waals surface area contributed by atoms with Gasteiger partial charge in [-0.2, -0.15) is 10.2 Å². The second-order valence-corrected chi connectivity index (χ2v) is 7.28. The maximum Gasteiger partial charge on any atom is 0.269 e. The first-order chi connectivity index (χ1) is 13.4. The zero-order valence-electron chi connectivity index (χ0n) is 15.9. The lowest BCUT2D eigenvalue weighted by atomic mass is 10.1. The first-order valence-corrected chi connectivity index (χ1v) is 9.41. The molecule has 3 N–H and O–H groups in total. The Labute approximate surface area is 167 Å². The van der Waals surface area contributed by atoms with Crippen LogP contribution < -0.4 is 5.32 Å². The minimum absolute atomic E-state index is 0.184. The van der Waals surface area contributed by atoms with Gasteiger partial charge in [0.05, 0.1) is 11.4 Å². The molecule has 0 aliphatic heterocycles. The second-order valence-electron chi connectivity index (χ2n) is 6.85. The molecule has 0 radical (unpaired) electrons. The normalized spacial score (nSPS) is 11.3. The molecule has 4 rings (SSSR count). The second kappa shape index (κ2) is 7.16. The molecular formula is C20H21ClN6O. The molecule has 0 bridgehead atoms. The van der Waals surface area contributed by atoms with Gasteiger partial charge in [0.1, 0.15) is 5.69 Å². The molecule has 3 heterocycles. The van der Waals surface area contributed by atoms with Gasteiger partial charge >= 0.3 is 0 Å². The number of nitrogens with zero attached hydrogens (tertiary/aromatic N) is 3. The molecule has 0 saturated heterocycles. The van der Waals surface area contributed by atoms with E-state index in [0.717, 1.165) is 39.1 Å². The third-order valence-corrected chi connectivity index (χ3v) is 5.23. The third kappa shape index (κ3) is 3.29. The highest BCUT2D eigenvalue weighted by Gasteiger charge is 2.17. The molecule has 0 unspecified atom stereocenters. The van der Waals surface area contributed by atoms with Crippen molar-refractivity contribution in [2.24, 2.45) is 7.05 Å². The molecule has 0 spiro atoms. The van der Waals surface area contributed by atoms with Crippen LogP contribution >= 0.6 is 11.6 Å². The Morgan fingerprint density at radius 2 is 2.11 bits per heavy atom. The summed E-state index contributed by atoms with van der Waals surface area (Å²) in [6.07, 6.45) is 2.66. The van der Waals surface area contributed by atoms with Crippen molar-refractivity contribution in [2.75, 3.05) is 6.54 Å². The summed E-state index contributed by atoms with van der Waals surface area (Å²) in [5.41, 5.74) is 6.15. The highest BCUT2D eigenvalue weighted by atomic mass is 35.5. The largest absolute Gasteiger partial charge is 0.361 e. The van der Waals surface area contributed by atoms with E-state index in [9.17, 15) is 4.79 Å². The Hall–Kier alpha value is -3.06. The smallest absolute Gasteiger partial charge is 0.269 e. The first kappa shape index (κ1) is 18.3. The topological polar surface area (TPSA) is 91.4 Å². The molecule has 0 saturated carbocycles. The molecule has 1 amide bonds. The highest BCUT2D eigenvalue weighted by molar-refractivity contribution is 6.31. The van der Waals surface area contributed by atoms with Crippen LogP contribution in [-0.4, -0.2) is 37.4 Å². The number of fused-ring (bicyclic) bond motifs is 1. The number of carbonyl (C=O) groups is 1. The van der Waals surface area contributed by atoms with Gasteiger partial charge in [-0.3, -0.25) is 14.6 Å². The van der Waals surface area contributed by atoms with Crippen molar-refractivity contribution in [3.63, 3.8) is 0 Å². The molecule has 0 fully saturated rings. The maximum atomic E-state index is 12.5. The number of rotatable bonds is 5. The number of aromatic nitrogens is 5. The molecule has 28 heavy (non-hydrogen) atoms. The fraction of sp³-hybridized carbons (Fsp3) is 0.250. The van der Waals surface area contributed by atoms with Crippen LogP contribution in [-0.2, 0) is 13.5 Å². The van der Waals surface area contributed by atoms with Crippen LogP contribution in [0.1, 0.15) is 27.4 Å². The number of hydrogen-bond donors (Lipinski definition) is 3. The fourth-order valence-corrected chi connectivity index (χ4v) is 3.65. The summed E-state index contributed by atoms with van der Waals surface area (Å²) >= 11 is 6.09. The Balaban J connectivity index is 1.43. The number of H-pyrrole nitrogens is 2. The molecular weight excluding hydrogens is 376 g/mol. The summed E-state index contributed by atoms with van der Waals surface area (Å²) in [7, 11) is 1.89. The maximum absolute atomic E-state index is 12.5. The molecule has 3 aromatic heterocycles. The predicted molar refractivity (Wildman–Crippen MR) is 110 cm³/mol. The van der Waals surface area contributed by atoms with Crippen molar-refractivity contribution in [2.45, 2.75) is 20.3 Å². The number of aromatic amines is 2. The molecule has 144 valence electrons. The molecule has 4 aromatic rings. The minimum atomic E-state index is -0.184. The number of hydrogen-bond acceptors (Lipinski definition) is 3. The van der Waals surface area contributed by atoms with Gasteiger partial charge in [-0.1, -0.05) is 11.6 Å². The number of amides is 1. The van der Waals surface area contributed by atoms with Crippen molar-refractivity contribution in [1.82, 2.24) is 30.3 Å². The van der Waals surface area contributed by atoms with Gasteiger partial charge in [-0.15, -0.1) is 0 Å². The molecule has 0 aliphatic carbocycles. The van der Waals surface area contributed by atoms with E-state index >= 15 is 0 Å². The fourth-order valence-electron chi connectivity index (χ4n) is 3.47. The molecule has 1 aromatic carbocycles. The lowest BCUT2D eigenvalue weighted by Gasteiger charge is -2.03. The van der Waals surface area contributed by atoms with Crippen LogP contribution in [0.4, 0.5) is 0 Å². The van der Waals surface area contributed by atoms with E-state index in [1.807, 2.05) is 50.0 Å². The number of halogens is 1. The Kier molecular flexibility index (Phi) is 4.68. The van der Waals surface area contributed by atoms with Gasteiger partial charge in [0.2, 0.25) is 0 Å². The SMILES string of the molecule is Cc1nn(C)c(C)c1-c1cc(C(=O)NCCc2c[nH]c3ccc(Cl)cc23)[nH]n1. The molecule has 7 nitrogen and oxygen atoms in total. The van der Waals surface area contributed by atoms with Crippen LogP contribution in [0, 0.1) is 13.8 Å². The monoisotopic (exact) mass is 396 g/mol. The average Bonchev–Trinajstić information content (AvgIpc) is 3.34. The first-order valence-electron chi connectivity index (χ1n) is 9.03. The lowest BCUT2D eigenvalue weighted by Crippen LogP contribution is -2.25. The zero-order chi connectivity index (χ0) is 19.8. The van der Waals surface area contributed by atoms with Crippen molar-refractivity contribution < 1.29 is 4.79 Å². The van der Waals surface area contributed by atoms with E-state index in [2.05, 4.69) is 25.6 Å². The summed E-state index contributed by atoms with van der Waals surface area (Å²) in [4.78, 5) is 15.7. The minimum Gasteiger partial charge on any atom is -0.361 e. The number of carbonyl (C=O) groups excluding carboxylic acids is 1. The standard InChI is InChI=1S/C20H21ClN6O/c1-11-19(12(2)27(3)26-11)17-9-18(25-24-17)20(28)22-7-6-13-10-23-16-5-4-14(21)8-15(13)16/h4-5,8-10,23H,6-7H2,1-3H3,(H,22,28)(H,24,25). The van der Waals surface area contributed by atoms with E-state index in [4.69, 9.17) is 11.6 Å². The summed E-state index contributed by atoms with van der Waals surface area (Å²) in [6.45, 7) is 4.43.